The highest BCUT2D eigenvalue weighted by Gasteiger charge is 2.33. The maximum Gasteiger partial charge on any atom is 0.243 e. The third-order valence-corrected chi connectivity index (χ3v) is 7.45. The topological polar surface area (TPSA) is 75.7 Å². The summed E-state index contributed by atoms with van der Waals surface area (Å²) in [6, 6.07) is 12.2. The average molecular weight is 437 g/mol. The number of rotatable bonds is 6. The van der Waals surface area contributed by atoms with Crippen LogP contribution in [0.3, 0.4) is 0 Å². The van der Waals surface area contributed by atoms with Gasteiger partial charge in [-0.1, -0.05) is 35.9 Å². The largest absolute Gasteiger partial charge is 0.496 e. The molecule has 1 amide bonds. The molecule has 8 heteroatoms. The molecule has 2 aromatic carbocycles. The van der Waals surface area contributed by atoms with Crippen molar-refractivity contribution in [1.29, 1.82) is 0 Å². The Morgan fingerprint density at radius 3 is 2.76 bits per heavy atom. The van der Waals surface area contributed by atoms with E-state index in [0.29, 0.717) is 36.7 Å². The number of hydrogen-bond donors (Lipinski definition) is 1. The van der Waals surface area contributed by atoms with Gasteiger partial charge in [0, 0.05) is 30.2 Å². The first-order chi connectivity index (χ1) is 13.8. The summed E-state index contributed by atoms with van der Waals surface area (Å²) in [7, 11) is -2.11. The summed E-state index contributed by atoms with van der Waals surface area (Å²) >= 11 is 6.10. The first kappa shape index (κ1) is 21.6. The third-order valence-electron chi connectivity index (χ3n) is 5.18. The SMILES string of the molecule is COc1ccccc1CNC(=O)C1CCCN(S(=O)(=O)c2ccc(C)c(Cl)c2)C1. The van der Waals surface area contributed by atoms with Crippen LogP contribution in [0, 0.1) is 12.8 Å². The minimum Gasteiger partial charge on any atom is -0.496 e. The number of aryl methyl sites for hydroxylation is 1. The molecule has 1 saturated heterocycles. The van der Waals surface area contributed by atoms with Gasteiger partial charge >= 0.3 is 0 Å². The van der Waals surface area contributed by atoms with Crippen molar-refractivity contribution in [3.63, 3.8) is 0 Å². The fourth-order valence-electron chi connectivity index (χ4n) is 3.43. The number of carbonyl (C=O) groups is 1. The Kier molecular flexibility index (Phi) is 6.82. The summed E-state index contributed by atoms with van der Waals surface area (Å²) < 4.78 is 32.7. The van der Waals surface area contributed by atoms with Crippen molar-refractivity contribution in [3.8, 4) is 5.75 Å². The standard InChI is InChI=1S/C21H25ClN2O4S/c1-15-9-10-18(12-19(15)22)29(26,27)24-11-5-7-17(14-24)21(25)23-13-16-6-3-4-8-20(16)28-2/h3-4,6,8-10,12,17H,5,7,11,13-14H2,1-2H3,(H,23,25). The number of nitrogens with zero attached hydrogens (tertiary/aromatic N) is 1. The highest BCUT2D eigenvalue weighted by atomic mass is 35.5. The van der Waals surface area contributed by atoms with Crippen LogP contribution >= 0.6 is 11.6 Å². The molecule has 1 unspecified atom stereocenters. The molecule has 0 radical (unpaired) electrons. The zero-order valence-electron chi connectivity index (χ0n) is 16.5. The zero-order chi connectivity index (χ0) is 21.0. The van der Waals surface area contributed by atoms with Gasteiger partial charge in [0.1, 0.15) is 5.75 Å². The molecule has 0 bridgehead atoms. The lowest BCUT2D eigenvalue weighted by molar-refractivity contribution is -0.126. The maximum atomic E-state index is 13.0. The Morgan fingerprint density at radius 1 is 1.28 bits per heavy atom. The highest BCUT2D eigenvalue weighted by molar-refractivity contribution is 7.89. The van der Waals surface area contributed by atoms with Gasteiger partial charge in [0.25, 0.3) is 0 Å². The van der Waals surface area contributed by atoms with E-state index in [1.165, 1.54) is 10.4 Å². The van der Waals surface area contributed by atoms with Crippen LogP contribution in [0.25, 0.3) is 0 Å². The van der Waals surface area contributed by atoms with E-state index in [4.69, 9.17) is 16.3 Å². The molecule has 0 saturated carbocycles. The summed E-state index contributed by atoms with van der Waals surface area (Å²) in [6.45, 7) is 2.71. The summed E-state index contributed by atoms with van der Waals surface area (Å²) in [4.78, 5) is 12.8. The van der Waals surface area contributed by atoms with Gasteiger partial charge in [-0.25, -0.2) is 8.42 Å². The fourth-order valence-corrected chi connectivity index (χ4v) is 5.23. The number of carbonyl (C=O) groups excluding carboxylic acids is 1. The molecule has 0 aromatic heterocycles. The summed E-state index contributed by atoms with van der Waals surface area (Å²) in [5.41, 5.74) is 1.69. The van der Waals surface area contributed by atoms with E-state index in [1.54, 1.807) is 19.2 Å². The Balaban J connectivity index is 1.68. The molecular formula is C21H25ClN2O4S. The maximum absolute atomic E-state index is 13.0. The van der Waals surface area contributed by atoms with E-state index in [1.807, 2.05) is 31.2 Å². The molecular weight excluding hydrogens is 412 g/mol. The molecule has 1 atom stereocenters. The van der Waals surface area contributed by atoms with Crippen LogP contribution in [0.15, 0.2) is 47.4 Å². The molecule has 1 aliphatic rings. The summed E-state index contributed by atoms with van der Waals surface area (Å²) in [6.07, 6.45) is 1.28. The number of sulfonamides is 1. The van der Waals surface area contributed by atoms with Crippen LogP contribution in [-0.4, -0.2) is 38.8 Å². The predicted molar refractivity (Wildman–Crippen MR) is 113 cm³/mol. The normalized spacial score (nSPS) is 17.7. The molecule has 6 nitrogen and oxygen atoms in total. The Hall–Kier alpha value is -2.09. The Morgan fingerprint density at radius 2 is 2.03 bits per heavy atom. The molecule has 0 aliphatic carbocycles. The lowest BCUT2D eigenvalue weighted by atomic mass is 9.98. The van der Waals surface area contributed by atoms with Crippen molar-refractivity contribution in [2.24, 2.45) is 5.92 Å². The third kappa shape index (κ3) is 4.91. The molecule has 0 spiro atoms. The molecule has 2 aromatic rings. The van der Waals surface area contributed by atoms with E-state index in [2.05, 4.69) is 5.32 Å². The summed E-state index contributed by atoms with van der Waals surface area (Å²) in [5, 5.41) is 3.32. The second-order valence-electron chi connectivity index (χ2n) is 7.14. The highest BCUT2D eigenvalue weighted by Crippen LogP contribution is 2.27. The predicted octanol–water partition coefficient (Wildman–Crippen LogP) is 3.37. The van der Waals surface area contributed by atoms with Gasteiger partial charge in [-0.15, -0.1) is 0 Å². The average Bonchev–Trinajstić information content (AvgIpc) is 2.74. The van der Waals surface area contributed by atoms with Crippen molar-refractivity contribution in [2.75, 3.05) is 20.2 Å². The number of hydrogen-bond acceptors (Lipinski definition) is 4. The van der Waals surface area contributed by atoms with Gasteiger partial charge in [0.2, 0.25) is 15.9 Å². The number of ether oxygens (including phenoxy) is 1. The lowest BCUT2D eigenvalue weighted by Crippen LogP contribution is -2.45. The van der Waals surface area contributed by atoms with Crippen molar-refractivity contribution in [1.82, 2.24) is 9.62 Å². The van der Waals surface area contributed by atoms with Crippen LogP contribution in [0.1, 0.15) is 24.0 Å². The van der Waals surface area contributed by atoms with E-state index in [9.17, 15) is 13.2 Å². The second kappa shape index (κ2) is 9.15. The van der Waals surface area contributed by atoms with E-state index in [0.717, 1.165) is 11.1 Å². The van der Waals surface area contributed by atoms with Crippen LogP contribution in [0.4, 0.5) is 0 Å². The lowest BCUT2D eigenvalue weighted by Gasteiger charge is -2.31. The van der Waals surface area contributed by atoms with Crippen LogP contribution < -0.4 is 10.1 Å². The van der Waals surface area contributed by atoms with E-state index >= 15 is 0 Å². The number of methoxy groups -OCH3 is 1. The Labute approximate surface area is 176 Å². The van der Waals surface area contributed by atoms with Crippen LogP contribution in [-0.2, 0) is 21.4 Å². The van der Waals surface area contributed by atoms with Crippen molar-refractivity contribution in [2.45, 2.75) is 31.2 Å². The number of nitrogens with one attached hydrogen (secondary N) is 1. The smallest absolute Gasteiger partial charge is 0.243 e. The van der Waals surface area contributed by atoms with Gasteiger partial charge in [-0.2, -0.15) is 4.31 Å². The van der Waals surface area contributed by atoms with Crippen LogP contribution in [0.5, 0.6) is 5.75 Å². The van der Waals surface area contributed by atoms with Gasteiger partial charge in [-0.3, -0.25) is 4.79 Å². The monoisotopic (exact) mass is 436 g/mol. The number of benzene rings is 2. The van der Waals surface area contributed by atoms with Crippen molar-refractivity contribution < 1.29 is 17.9 Å². The van der Waals surface area contributed by atoms with Crippen LogP contribution in [0.2, 0.25) is 5.02 Å². The summed E-state index contributed by atoms with van der Waals surface area (Å²) in [5.74, 6) is 0.156. The number of amides is 1. The van der Waals surface area contributed by atoms with Crippen molar-refractivity contribution >= 4 is 27.5 Å². The van der Waals surface area contributed by atoms with E-state index < -0.39 is 15.9 Å². The zero-order valence-corrected chi connectivity index (χ0v) is 18.1. The molecule has 1 fully saturated rings. The molecule has 1 N–H and O–H groups in total. The first-order valence-electron chi connectivity index (χ1n) is 9.49. The molecule has 1 aliphatic heterocycles. The minimum atomic E-state index is -3.70. The van der Waals surface area contributed by atoms with Gasteiger partial charge in [0.15, 0.2) is 0 Å². The molecule has 1 heterocycles. The fraction of sp³-hybridized carbons (Fsp3) is 0.381. The molecule has 3 rings (SSSR count). The second-order valence-corrected chi connectivity index (χ2v) is 9.49. The van der Waals surface area contributed by atoms with Gasteiger partial charge in [-0.05, 0) is 43.5 Å². The first-order valence-corrected chi connectivity index (χ1v) is 11.3. The van der Waals surface area contributed by atoms with Gasteiger partial charge in [0.05, 0.1) is 17.9 Å². The molecule has 156 valence electrons. The number of halogens is 1. The van der Waals surface area contributed by atoms with Crippen molar-refractivity contribution in [3.05, 3.63) is 58.6 Å². The number of para-hydroxylation sites is 1. The minimum absolute atomic E-state index is 0.155. The van der Waals surface area contributed by atoms with Gasteiger partial charge < -0.3 is 10.1 Å². The number of piperidine rings is 1. The molecule has 29 heavy (non-hydrogen) atoms. The Bertz CT molecular complexity index is 994. The quantitative estimate of drug-likeness (QED) is 0.753. The van der Waals surface area contributed by atoms with E-state index in [-0.39, 0.29) is 17.3 Å².